The van der Waals surface area contributed by atoms with Gasteiger partial charge in [0.1, 0.15) is 39.3 Å². The summed E-state index contributed by atoms with van der Waals surface area (Å²) in [7, 11) is -6.07. The molecule has 3 heterocycles. The van der Waals surface area contributed by atoms with E-state index < -0.39 is 31.8 Å². The van der Waals surface area contributed by atoms with Crippen molar-refractivity contribution in [3.8, 4) is 5.75 Å². The van der Waals surface area contributed by atoms with Gasteiger partial charge in [0.05, 0.1) is 23.9 Å². The number of hydrogen-bond donors (Lipinski definition) is 3. The molecule has 2 atom stereocenters. The number of rotatable bonds is 10. The Bertz CT molecular complexity index is 1520. The van der Waals surface area contributed by atoms with Crippen molar-refractivity contribution in [2.24, 2.45) is 0 Å². The number of piperidine rings is 1. The average Bonchev–Trinajstić information content (AvgIpc) is 3.58. The molecule has 39 heavy (non-hydrogen) atoms. The highest BCUT2D eigenvalue weighted by atomic mass is 32.2. The molecule has 1 unspecified atom stereocenters. The van der Waals surface area contributed by atoms with E-state index in [-0.39, 0.29) is 34.7 Å². The molecule has 0 amide bonds. The molecule has 12 nitrogen and oxygen atoms in total. The van der Waals surface area contributed by atoms with E-state index >= 15 is 0 Å². The van der Waals surface area contributed by atoms with Crippen molar-refractivity contribution >= 4 is 42.8 Å². The quantitative estimate of drug-likeness (QED) is 0.307. The first-order chi connectivity index (χ1) is 18.6. The standard InChI is InChI=1S/C24H31N5O7S3/c1-25-38(31,32)21-7-3-2-6-20(21)35-16-18(30)14-26-17-13-24(36-15-17)9-11-29(12-10-24)39(33,34)22-8-4-5-19-23(22)28-37-27-19/h2-8,17-18,25-26,30H,9-16H2,1H3/t17-,18?/m0/s1. The van der Waals surface area contributed by atoms with E-state index in [0.29, 0.717) is 50.0 Å². The summed E-state index contributed by atoms with van der Waals surface area (Å²) >= 11 is 0.994. The minimum absolute atomic E-state index is 0.00501. The monoisotopic (exact) mass is 597 g/mol. The largest absolute Gasteiger partial charge is 0.489 e. The third-order valence-corrected chi connectivity index (χ3v) is 11.1. The summed E-state index contributed by atoms with van der Waals surface area (Å²) in [5.41, 5.74) is 0.556. The van der Waals surface area contributed by atoms with Gasteiger partial charge in [-0.15, -0.1) is 0 Å². The van der Waals surface area contributed by atoms with Crippen LogP contribution in [-0.2, 0) is 24.8 Å². The molecule has 3 aromatic rings. The van der Waals surface area contributed by atoms with Crippen molar-refractivity contribution in [2.75, 3.05) is 39.9 Å². The zero-order valence-electron chi connectivity index (χ0n) is 21.3. The predicted molar refractivity (Wildman–Crippen MR) is 145 cm³/mol. The van der Waals surface area contributed by atoms with E-state index in [4.69, 9.17) is 9.47 Å². The lowest BCUT2D eigenvalue weighted by molar-refractivity contribution is -0.0312. The number of ether oxygens (including phenoxy) is 2. The molecule has 0 aliphatic carbocycles. The number of aliphatic hydroxyl groups excluding tert-OH is 1. The highest BCUT2D eigenvalue weighted by molar-refractivity contribution is 7.89. The molecule has 2 fully saturated rings. The Balaban J connectivity index is 1.11. The highest BCUT2D eigenvalue weighted by Gasteiger charge is 2.45. The molecule has 15 heteroatoms. The first-order valence-electron chi connectivity index (χ1n) is 12.6. The molecule has 2 aromatic carbocycles. The van der Waals surface area contributed by atoms with Crippen LogP contribution < -0.4 is 14.8 Å². The van der Waals surface area contributed by atoms with Crippen molar-refractivity contribution in [1.29, 1.82) is 0 Å². The third kappa shape index (κ3) is 5.95. The van der Waals surface area contributed by atoms with Gasteiger partial charge in [0, 0.05) is 25.7 Å². The van der Waals surface area contributed by atoms with Crippen molar-refractivity contribution in [2.45, 2.75) is 46.8 Å². The van der Waals surface area contributed by atoms with Crippen LogP contribution in [0.5, 0.6) is 5.75 Å². The summed E-state index contributed by atoms with van der Waals surface area (Å²) in [6.45, 7) is 1.28. The van der Waals surface area contributed by atoms with E-state index in [9.17, 15) is 21.9 Å². The Morgan fingerprint density at radius 2 is 1.87 bits per heavy atom. The molecule has 1 aromatic heterocycles. The number of para-hydroxylation sites is 1. The molecule has 212 valence electrons. The van der Waals surface area contributed by atoms with Crippen LogP contribution in [0.3, 0.4) is 0 Å². The Morgan fingerprint density at radius 3 is 2.64 bits per heavy atom. The molecule has 2 aliphatic heterocycles. The minimum atomic E-state index is -3.71. The van der Waals surface area contributed by atoms with Crippen molar-refractivity contribution in [1.82, 2.24) is 23.1 Å². The molecule has 0 radical (unpaired) electrons. The van der Waals surface area contributed by atoms with Crippen LogP contribution in [0.4, 0.5) is 0 Å². The normalized spacial score (nSPS) is 20.9. The lowest BCUT2D eigenvalue weighted by Crippen LogP contribution is -2.47. The third-order valence-electron chi connectivity index (χ3n) is 7.19. The number of nitrogens with one attached hydrogen (secondary N) is 2. The zero-order chi connectivity index (χ0) is 27.7. The minimum Gasteiger partial charge on any atom is -0.489 e. The van der Waals surface area contributed by atoms with Gasteiger partial charge in [-0.2, -0.15) is 13.1 Å². The molecule has 2 saturated heterocycles. The van der Waals surface area contributed by atoms with Gasteiger partial charge in [-0.25, -0.2) is 21.6 Å². The van der Waals surface area contributed by atoms with Crippen LogP contribution in [0.1, 0.15) is 19.3 Å². The second kappa shape index (κ2) is 11.3. The van der Waals surface area contributed by atoms with Gasteiger partial charge in [-0.1, -0.05) is 18.2 Å². The fourth-order valence-corrected chi connectivity index (χ4v) is 8.10. The summed E-state index contributed by atoms with van der Waals surface area (Å²) < 4.78 is 74.9. The Morgan fingerprint density at radius 1 is 1.13 bits per heavy atom. The summed E-state index contributed by atoms with van der Waals surface area (Å²) in [4.78, 5) is 0.186. The second-order valence-corrected chi connectivity index (χ2v) is 14.0. The molecule has 0 bridgehead atoms. The van der Waals surface area contributed by atoms with Gasteiger partial charge >= 0.3 is 0 Å². The molecule has 0 saturated carbocycles. The van der Waals surface area contributed by atoms with Crippen molar-refractivity contribution in [3.05, 3.63) is 42.5 Å². The van der Waals surface area contributed by atoms with Crippen LogP contribution in [0.2, 0.25) is 0 Å². The number of fused-ring (bicyclic) bond motifs is 1. The van der Waals surface area contributed by atoms with Gasteiger partial charge in [0.15, 0.2) is 0 Å². The number of benzene rings is 2. The maximum absolute atomic E-state index is 13.3. The van der Waals surface area contributed by atoms with Gasteiger partial charge in [0.2, 0.25) is 20.0 Å². The summed E-state index contributed by atoms with van der Waals surface area (Å²) in [5.74, 6) is 0.165. The van der Waals surface area contributed by atoms with E-state index in [1.54, 1.807) is 36.4 Å². The fraction of sp³-hybridized carbons (Fsp3) is 0.500. The van der Waals surface area contributed by atoms with Crippen LogP contribution in [-0.4, -0.2) is 92.6 Å². The maximum atomic E-state index is 13.3. The topological polar surface area (TPSA) is 160 Å². The van der Waals surface area contributed by atoms with E-state index in [1.807, 2.05) is 0 Å². The number of sulfonamides is 2. The van der Waals surface area contributed by atoms with Crippen LogP contribution in [0.25, 0.3) is 11.0 Å². The molecule has 3 N–H and O–H groups in total. The zero-order valence-corrected chi connectivity index (χ0v) is 23.8. The first kappa shape index (κ1) is 28.3. The van der Waals surface area contributed by atoms with E-state index in [2.05, 4.69) is 18.8 Å². The Labute approximate surface area is 231 Å². The van der Waals surface area contributed by atoms with Crippen LogP contribution in [0, 0.1) is 0 Å². The smallest absolute Gasteiger partial charge is 0.245 e. The summed E-state index contributed by atoms with van der Waals surface area (Å²) in [5, 5.41) is 13.7. The van der Waals surface area contributed by atoms with Crippen LogP contribution in [0.15, 0.2) is 52.3 Å². The van der Waals surface area contributed by atoms with Crippen molar-refractivity contribution < 1.29 is 31.4 Å². The van der Waals surface area contributed by atoms with Gasteiger partial charge < -0.3 is 19.9 Å². The lowest BCUT2D eigenvalue weighted by atomic mass is 9.88. The molecule has 2 aliphatic rings. The first-order valence-corrected chi connectivity index (χ1v) is 16.2. The van der Waals surface area contributed by atoms with Gasteiger partial charge in [-0.3, -0.25) is 0 Å². The summed E-state index contributed by atoms with van der Waals surface area (Å²) in [6.07, 6.45) is 0.959. The van der Waals surface area contributed by atoms with Crippen molar-refractivity contribution in [3.63, 3.8) is 0 Å². The van der Waals surface area contributed by atoms with Gasteiger partial charge in [-0.05, 0) is 50.6 Å². The summed E-state index contributed by atoms with van der Waals surface area (Å²) in [6, 6.07) is 11.2. The SMILES string of the molecule is CNS(=O)(=O)c1ccccc1OCC(O)CN[C@@H]1COC2(CCN(S(=O)(=O)c3cccc4nsnc34)CC2)C1. The molecule has 5 rings (SSSR count). The van der Waals surface area contributed by atoms with E-state index in [1.165, 1.54) is 17.4 Å². The fourth-order valence-electron chi connectivity index (χ4n) is 5.04. The van der Waals surface area contributed by atoms with Gasteiger partial charge in [0.25, 0.3) is 0 Å². The number of aromatic nitrogens is 2. The van der Waals surface area contributed by atoms with Crippen LogP contribution >= 0.6 is 11.7 Å². The molecular weight excluding hydrogens is 566 g/mol. The van der Waals surface area contributed by atoms with E-state index in [0.717, 1.165) is 11.7 Å². The molecular formula is C24H31N5O7S3. The number of nitrogens with zero attached hydrogens (tertiary/aromatic N) is 3. The second-order valence-electron chi connectivity index (χ2n) is 9.71. The molecule has 1 spiro atoms. The lowest BCUT2D eigenvalue weighted by Gasteiger charge is -2.38. The number of hydrogen-bond acceptors (Lipinski definition) is 11. The average molecular weight is 598 g/mol. The highest BCUT2D eigenvalue weighted by Crippen LogP contribution is 2.38. The predicted octanol–water partition coefficient (Wildman–Crippen LogP) is 0.941. The Kier molecular flexibility index (Phi) is 8.22. The number of aliphatic hydroxyl groups is 1. The Hall–Kier alpha value is -2.24. The maximum Gasteiger partial charge on any atom is 0.245 e.